The highest BCUT2D eigenvalue weighted by molar-refractivity contribution is 7.99. The lowest BCUT2D eigenvalue weighted by Gasteiger charge is -2.44. The molecule has 1 fully saturated rings. The molecule has 38 heavy (non-hydrogen) atoms. The number of nitrogens with one attached hydrogen (secondary N) is 1. The maximum atomic E-state index is 13.1. The number of rotatable bonds is 6. The second-order valence-corrected chi connectivity index (χ2v) is 15.1. The summed E-state index contributed by atoms with van der Waals surface area (Å²) in [5, 5.41) is 11.2. The molecule has 13 heteroatoms. The van der Waals surface area contributed by atoms with Crippen LogP contribution >= 0.6 is 34.7 Å². The smallest absolute Gasteiger partial charge is 0.153 e. The Hall–Kier alpha value is -1.67. The predicted molar refractivity (Wildman–Crippen MR) is 154 cm³/mol. The summed E-state index contributed by atoms with van der Waals surface area (Å²) < 4.78 is 16.2. The van der Waals surface area contributed by atoms with Crippen LogP contribution < -0.4 is 15.4 Å². The minimum absolute atomic E-state index is 0.00802. The Kier molecular flexibility index (Phi) is 7.86. The van der Waals surface area contributed by atoms with E-state index in [0.29, 0.717) is 21.6 Å². The van der Waals surface area contributed by atoms with E-state index < -0.39 is 11.4 Å². The molecule has 0 saturated carbocycles. The van der Waals surface area contributed by atoms with Crippen molar-refractivity contribution < 1.29 is 9.66 Å². The van der Waals surface area contributed by atoms with Gasteiger partial charge in [0.25, 0.3) is 0 Å². The number of hydrogen-bond acceptors (Lipinski definition) is 11. The van der Waals surface area contributed by atoms with Gasteiger partial charge < -0.3 is 20.3 Å². The van der Waals surface area contributed by atoms with Gasteiger partial charge in [-0.05, 0) is 53.0 Å². The lowest BCUT2D eigenvalue weighted by Crippen LogP contribution is -2.50. The minimum Gasteiger partial charge on any atom is -0.598 e. The van der Waals surface area contributed by atoms with E-state index in [1.807, 2.05) is 33.2 Å². The van der Waals surface area contributed by atoms with Crippen LogP contribution in [0.5, 0.6) is 0 Å². The van der Waals surface area contributed by atoms with E-state index in [-0.39, 0.29) is 28.6 Å². The number of halogens is 1. The molecule has 0 unspecified atom stereocenters. The van der Waals surface area contributed by atoms with Crippen LogP contribution in [0.3, 0.4) is 0 Å². The van der Waals surface area contributed by atoms with Crippen LogP contribution in [-0.4, -0.2) is 47.4 Å². The van der Waals surface area contributed by atoms with Crippen molar-refractivity contribution >= 4 is 57.7 Å². The summed E-state index contributed by atoms with van der Waals surface area (Å²) in [4.78, 5) is 22.4. The predicted octanol–water partition coefficient (Wildman–Crippen LogP) is 4.45. The van der Waals surface area contributed by atoms with Gasteiger partial charge in [0.1, 0.15) is 21.3 Å². The topological polar surface area (TPSA) is 136 Å². The number of anilines is 2. The van der Waals surface area contributed by atoms with Gasteiger partial charge in [0.2, 0.25) is 0 Å². The molecule has 2 atom stereocenters. The highest BCUT2D eigenvalue weighted by Gasteiger charge is 2.52. The molecule has 1 saturated heterocycles. The molecule has 0 aromatic carbocycles. The molecular weight excluding hydrogens is 562 g/mol. The van der Waals surface area contributed by atoms with Gasteiger partial charge in [-0.25, -0.2) is 19.9 Å². The average molecular weight is 594 g/mol. The Labute approximate surface area is 239 Å². The number of nitrogens with two attached hydrogens (primary N) is 1. The summed E-state index contributed by atoms with van der Waals surface area (Å²) in [6.07, 6.45) is 4.27. The average Bonchev–Trinajstić information content (AvgIpc) is 3.43. The fraction of sp³-hybridized carbons (Fsp3) is 0.520. The molecule has 2 aliphatic rings. The first kappa shape index (κ1) is 27.9. The quantitative estimate of drug-likeness (QED) is 0.352. The van der Waals surface area contributed by atoms with Crippen molar-refractivity contribution in [3.05, 3.63) is 44.8 Å². The Balaban J connectivity index is 1.36. The van der Waals surface area contributed by atoms with Gasteiger partial charge in [0.15, 0.2) is 5.82 Å². The molecule has 5 rings (SSSR count). The molecule has 1 spiro atoms. The summed E-state index contributed by atoms with van der Waals surface area (Å²) in [7, 11) is 0. The summed E-state index contributed by atoms with van der Waals surface area (Å²) in [5.41, 5.74) is 10.1. The zero-order chi connectivity index (χ0) is 27.2. The number of nitrogens with zero attached hydrogens (tertiary/aromatic N) is 5. The van der Waals surface area contributed by atoms with E-state index >= 15 is 0 Å². The van der Waals surface area contributed by atoms with Gasteiger partial charge in [-0.3, -0.25) is 0 Å². The Morgan fingerprint density at radius 3 is 2.74 bits per heavy atom. The Bertz CT molecular complexity index is 1320. The zero-order valence-corrected chi connectivity index (χ0v) is 25.0. The molecule has 1 aliphatic heterocycles. The molecule has 3 aromatic heterocycles. The SMILES string of the molecule is Cc1nc(N2CCC3(CC2)Cc2ncsc2[C@H]3N[S@+]([O-])C(C)(C)C)c(CO)nc1Sc1ccnc(N)c1Cl. The van der Waals surface area contributed by atoms with Crippen molar-refractivity contribution in [3.63, 3.8) is 0 Å². The number of aryl methyl sites for hydroxylation is 1. The van der Waals surface area contributed by atoms with Crippen molar-refractivity contribution in [1.29, 1.82) is 0 Å². The molecule has 204 valence electrons. The normalized spacial score (nSPS) is 19.7. The number of aromatic nitrogens is 4. The van der Waals surface area contributed by atoms with Gasteiger partial charge in [-0.2, -0.15) is 0 Å². The number of nitrogen functional groups attached to an aromatic ring is 1. The van der Waals surface area contributed by atoms with E-state index in [1.54, 1.807) is 23.6 Å². The van der Waals surface area contributed by atoms with Crippen molar-refractivity contribution in [2.75, 3.05) is 23.7 Å². The molecule has 9 nitrogen and oxygen atoms in total. The summed E-state index contributed by atoms with van der Waals surface area (Å²) >= 11 is 8.16. The van der Waals surface area contributed by atoms with Crippen LogP contribution in [0.1, 0.15) is 61.6 Å². The van der Waals surface area contributed by atoms with E-state index in [0.717, 1.165) is 48.6 Å². The molecule has 0 bridgehead atoms. The third-order valence-corrected chi connectivity index (χ3v) is 11.4. The number of aliphatic hydroxyl groups is 1. The van der Waals surface area contributed by atoms with E-state index in [4.69, 9.17) is 27.3 Å². The van der Waals surface area contributed by atoms with Crippen LogP contribution in [0, 0.1) is 12.3 Å². The molecule has 1 aliphatic carbocycles. The summed E-state index contributed by atoms with van der Waals surface area (Å²) in [6, 6.07) is 1.79. The summed E-state index contributed by atoms with van der Waals surface area (Å²) in [5.74, 6) is 0.970. The van der Waals surface area contributed by atoms with Crippen molar-refractivity contribution in [2.45, 2.75) is 74.3 Å². The van der Waals surface area contributed by atoms with Crippen LogP contribution in [0.4, 0.5) is 11.6 Å². The maximum absolute atomic E-state index is 13.1. The van der Waals surface area contributed by atoms with Crippen LogP contribution in [0.25, 0.3) is 0 Å². The highest BCUT2D eigenvalue weighted by atomic mass is 35.5. The van der Waals surface area contributed by atoms with Gasteiger partial charge in [0.05, 0.1) is 34.6 Å². The first-order chi connectivity index (χ1) is 18.0. The van der Waals surface area contributed by atoms with Gasteiger partial charge in [-0.1, -0.05) is 23.4 Å². The number of hydrogen-bond donors (Lipinski definition) is 3. The van der Waals surface area contributed by atoms with Crippen molar-refractivity contribution in [2.24, 2.45) is 5.41 Å². The standard InChI is InChI=1S/C25H32ClN7O2S3/c1-14-23(37-17-5-8-28-21(27)18(17)26)31-16(12-34)22(30-14)33-9-6-25(7-10-33)11-15-19(36-13-29-15)20(25)32-38(35)24(2,3)4/h5,8,13,20,32,34H,6-7,9-12H2,1-4H3,(H2,27,28)/t20-,38-/m1/s1. The molecule has 3 aromatic rings. The van der Waals surface area contributed by atoms with Crippen molar-refractivity contribution in [1.82, 2.24) is 24.7 Å². The minimum atomic E-state index is -1.19. The van der Waals surface area contributed by atoms with E-state index in [2.05, 4.69) is 19.6 Å². The van der Waals surface area contributed by atoms with E-state index in [9.17, 15) is 9.66 Å². The van der Waals surface area contributed by atoms with E-state index in [1.165, 1.54) is 16.6 Å². The number of fused-ring (bicyclic) bond motifs is 1. The van der Waals surface area contributed by atoms with Crippen LogP contribution in [-0.2, 0) is 24.4 Å². The number of thiazole rings is 1. The maximum Gasteiger partial charge on any atom is 0.153 e. The third kappa shape index (κ3) is 5.24. The monoisotopic (exact) mass is 593 g/mol. The largest absolute Gasteiger partial charge is 0.598 e. The van der Waals surface area contributed by atoms with Crippen molar-refractivity contribution in [3.8, 4) is 0 Å². The number of pyridine rings is 1. The van der Waals surface area contributed by atoms with Gasteiger partial charge >= 0.3 is 0 Å². The summed E-state index contributed by atoms with van der Waals surface area (Å²) in [6.45, 7) is 9.18. The molecular formula is C25H32ClN7O2S3. The Morgan fingerprint density at radius 1 is 1.32 bits per heavy atom. The fourth-order valence-electron chi connectivity index (χ4n) is 5.06. The molecule has 4 N–H and O–H groups in total. The first-order valence-electron chi connectivity index (χ1n) is 12.4. The third-order valence-electron chi connectivity index (χ3n) is 7.22. The number of piperidine rings is 1. The van der Waals surface area contributed by atoms with Gasteiger partial charge in [-0.15, -0.1) is 16.1 Å². The van der Waals surface area contributed by atoms with Crippen LogP contribution in [0.2, 0.25) is 5.02 Å². The molecule has 4 heterocycles. The highest BCUT2D eigenvalue weighted by Crippen LogP contribution is 2.54. The Morgan fingerprint density at radius 2 is 2.05 bits per heavy atom. The molecule has 0 radical (unpaired) electrons. The zero-order valence-electron chi connectivity index (χ0n) is 21.8. The first-order valence-corrected chi connectivity index (χ1v) is 15.7. The lowest BCUT2D eigenvalue weighted by atomic mass is 9.74. The van der Waals surface area contributed by atoms with Crippen LogP contribution in [0.15, 0.2) is 27.7 Å². The number of aliphatic hydroxyl groups excluding tert-OH is 1. The lowest BCUT2D eigenvalue weighted by molar-refractivity contribution is 0.175. The fourth-order valence-corrected chi connectivity index (χ4v) is 8.17. The second-order valence-electron chi connectivity index (χ2n) is 10.8. The molecule has 0 amide bonds. The second kappa shape index (κ2) is 10.7. The van der Waals surface area contributed by atoms with Gasteiger partial charge in [0, 0.05) is 45.8 Å².